The summed E-state index contributed by atoms with van der Waals surface area (Å²) >= 11 is 6.24. The van der Waals surface area contributed by atoms with Gasteiger partial charge in [0.1, 0.15) is 5.84 Å². The van der Waals surface area contributed by atoms with Crippen LogP contribution in [0.1, 0.15) is 17.5 Å². The number of aryl methyl sites for hydroxylation is 1. The third-order valence-corrected chi connectivity index (χ3v) is 5.87. The molecule has 23 heavy (non-hydrogen) atoms. The van der Waals surface area contributed by atoms with E-state index in [1.165, 1.54) is 4.31 Å². The molecule has 0 aliphatic carbocycles. The maximum atomic E-state index is 13.0. The molecule has 0 atom stereocenters. The van der Waals surface area contributed by atoms with Crippen LogP contribution in [0, 0.1) is 6.92 Å². The zero-order chi connectivity index (χ0) is 16.4. The lowest BCUT2D eigenvalue weighted by atomic mass is 10.2. The van der Waals surface area contributed by atoms with Gasteiger partial charge in [0.05, 0.1) is 9.92 Å². The smallest absolute Gasteiger partial charge is 0.265 e. The number of hydrogen-bond donors (Lipinski definition) is 0. The molecule has 0 saturated heterocycles. The number of nitrogens with zero attached hydrogens (tertiary/aromatic N) is 2. The molecule has 1 aliphatic heterocycles. The van der Waals surface area contributed by atoms with Crippen LogP contribution in [0.4, 0.5) is 0 Å². The van der Waals surface area contributed by atoms with Crippen molar-refractivity contribution >= 4 is 27.5 Å². The minimum absolute atomic E-state index is 0.268. The number of benzene rings is 2. The molecule has 0 saturated carbocycles. The van der Waals surface area contributed by atoms with Gasteiger partial charge in [0, 0.05) is 18.7 Å². The molecule has 2 aromatic rings. The van der Waals surface area contributed by atoms with Crippen LogP contribution in [0.5, 0.6) is 0 Å². The molecule has 2 aromatic carbocycles. The van der Waals surface area contributed by atoms with Crippen molar-refractivity contribution in [3.63, 3.8) is 0 Å². The van der Waals surface area contributed by atoms with Crippen molar-refractivity contribution in [1.82, 2.24) is 4.31 Å². The molecule has 3 rings (SSSR count). The summed E-state index contributed by atoms with van der Waals surface area (Å²) in [5, 5.41) is 0.497. The second-order valence-corrected chi connectivity index (χ2v) is 7.70. The Labute approximate surface area is 141 Å². The summed E-state index contributed by atoms with van der Waals surface area (Å²) in [5.41, 5.74) is 1.66. The normalized spacial score (nSPS) is 15.4. The van der Waals surface area contributed by atoms with E-state index in [2.05, 4.69) is 4.99 Å². The van der Waals surface area contributed by atoms with Gasteiger partial charge < -0.3 is 0 Å². The SMILES string of the molecule is Cc1ccc(S(=O)(=O)N2CCCN=C2c2ccccc2Cl)cc1. The monoisotopic (exact) mass is 348 g/mol. The van der Waals surface area contributed by atoms with Gasteiger partial charge in [0.25, 0.3) is 10.0 Å². The van der Waals surface area contributed by atoms with Gasteiger partial charge in [-0.1, -0.05) is 41.4 Å². The van der Waals surface area contributed by atoms with E-state index in [0.717, 1.165) is 5.56 Å². The second-order valence-electron chi connectivity index (χ2n) is 5.43. The van der Waals surface area contributed by atoms with Crippen LogP contribution in [0.3, 0.4) is 0 Å². The van der Waals surface area contributed by atoms with E-state index >= 15 is 0 Å². The first-order valence-electron chi connectivity index (χ1n) is 7.39. The molecule has 120 valence electrons. The number of amidine groups is 1. The Bertz CT molecular complexity index is 845. The van der Waals surface area contributed by atoms with E-state index in [9.17, 15) is 8.42 Å². The fraction of sp³-hybridized carbons (Fsp3) is 0.235. The highest BCUT2D eigenvalue weighted by Crippen LogP contribution is 2.25. The Balaban J connectivity index is 2.06. The Morgan fingerprint density at radius 2 is 1.78 bits per heavy atom. The van der Waals surface area contributed by atoms with E-state index in [1.54, 1.807) is 36.4 Å². The molecule has 4 nitrogen and oxygen atoms in total. The second kappa shape index (κ2) is 6.34. The summed E-state index contributed by atoms with van der Waals surface area (Å²) < 4.78 is 27.4. The predicted molar refractivity (Wildman–Crippen MR) is 92.5 cm³/mol. The molecule has 0 spiro atoms. The molecule has 0 amide bonds. The summed E-state index contributed by atoms with van der Waals surface area (Å²) in [6.45, 7) is 2.93. The highest BCUT2D eigenvalue weighted by atomic mass is 35.5. The van der Waals surface area contributed by atoms with E-state index in [-0.39, 0.29) is 4.90 Å². The van der Waals surface area contributed by atoms with Crippen molar-refractivity contribution in [2.45, 2.75) is 18.2 Å². The number of aliphatic imine (C=N–C) groups is 1. The van der Waals surface area contributed by atoms with Crippen molar-refractivity contribution in [2.75, 3.05) is 13.1 Å². The van der Waals surface area contributed by atoms with Gasteiger partial charge in [0.2, 0.25) is 0 Å². The minimum Gasteiger partial charge on any atom is -0.267 e. The van der Waals surface area contributed by atoms with E-state index < -0.39 is 10.0 Å². The third kappa shape index (κ3) is 3.12. The van der Waals surface area contributed by atoms with E-state index in [4.69, 9.17) is 11.6 Å². The van der Waals surface area contributed by atoms with Crippen molar-refractivity contribution in [3.05, 3.63) is 64.7 Å². The highest BCUT2D eigenvalue weighted by molar-refractivity contribution is 7.89. The van der Waals surface area contributed by atoms with Crippen LogP contribution >= 0.6 is 11.6 Å². The Morgan fingerprint density at radius 1 is 1.09 bits per heavy atom. The molecule has 0 unspecified atom stereocenters. The van der Waals surface area contributed by atoms with Gasteiger partial charge in [-0.15, -0.1) is 0 Å². The van der Waals surface area contributed by atoms with Gasteiger partial charge in [0.15, 0.2) is 0 Å². The van der Waals surface area contributed by atoms with Crippen LogP contribution in [0.15, 0.2) is 58.4 Å². The van der Waals surface area contributed by atoms with E-state index in [1.807, 2.05) is 19.1 Å². The number of sulfonamides is 1. The highest BCUT2D eigenvalue weighted by Gasteiger charge is 2.30. The Kier molecular flexibility index (Phi) is 4.41. The van der Waals surface area contributed by atoms with Gasteiger partial charge >= 0.3 is 0 Å². The maximum Gasteiger partial charge on any atom is 0.265 e. The van der Waals surface area contributed by atoms with Gasteiger partial charge in [-0.3, -0.25) is 4.99 Å². The van der Waals surface area contributed by atoms with Crippen molar-refractivity contribution in [3.8, 4) is 0 Å². The summed E-state index contributed by atoms with van der Waals surface area (Å²) in [5.74, 6) is 0.419. The number of halogens is 1. The van der Waals surface area contributed by atoms with Gasteiger partial charge in [-0.25, -0.2) is 12.7 Å². The van der Waals surface area contributed by atoms with Gasteiger partial charge in [-0.2, -0.15) is 0 Å². The zero-order valence-corrected chi connectivity index (χ0v) is 14.3. The first-order valence-corrected chi connectivity index (χ1v) is 9.21. The van der Waals surface area contributed by atoms with Crippen LogP contribution in [0.2, 0.25) is 5.02 Å². The quantitative estimate of drug-likeness (QED) is 0.852. The Hall–Kier alpha value is -1.85. The molecule has 6 heteroatoms. The summed E-state index contributed by atoms with van der Waals surface area (Å²) in [7, 11) is -3.65. The molecule has 1 heterocycles. The molecule has 0 bridgehead atoms. The van der Waals surface area contributed by atoms with Crippen LogP contribution in [-0.4, -0.2) is 31.6 Å². The average molecular weight is 349 g/mol. The molecular formula is C17H17ClN2O2S. The number of rotatable bonds is 3. The lowest BCUT2D eigenvalue weighted by Gasteiger charge is -2.29. The van der Waals surface area contributed by atoms with E-state index in [0.29, 0.717) is 35.9 Å². The summed E-state index contributed by atoms with van der Waals surface area (Å²) in [6.07, 6.45) is 0.693. The topological polar surface area (TPSA) is 49.7 Å². The fourth-order valence-corrected chi connectivity index (χ4v) is 4.23. The average Bonchev–Trinajstić information content (AvgIpc) is 2.56. The predicted octanol–water partition coefficient (Wildman–Crippen LogP) is 3.49. The molecule has 0 radical (unpaired) electrons. The first kappa shape index (κ1) is 16.0. The standard InChI is InChI=1S/C17H17ClN2O2S/c1-13-7-9-14(10-8-13)23(21,22)20-12-4-11-19-17(20)15-5-2-3-6-16(15)18/h2-3,5-10H,4,11-12H2,1H3. The molecule has 0 fully saturated rings. The van der Waals surface area contributed by atoms with Crippen molar-refractivity contribution in [2.24, 2.45) is 4.99 Å². The molecular weight excluding hydrogens is 332 g/mol. The summed E-state index contributed by atoms with van der Waals surface area (Å²) in [6, 6.07) is 14.0. The van der Waals surface area contributed by atoms with Crippen molar-refractivity contribution in [1.29, 1.82) is 0 Å². The van der Waals surface area contributed by atoms with Crippen LogP contribution < -0.4 is 0 Å². The zero-order valence-electron chi connectivity index (χ0n) is 12.7. The Morgan fingerprint density at radius 3 is 2.48 bits per heavy atom. The van der Waals surface area contributed by atoms with Crippen molar-refractivity contribution < 1.29 is 8.42 Å². The third-order valence-electron chi connectivity index (χ3n) is 3.74. The van der Waals surface area contributed by atoms with Crippen LogP contribution in [-0.2, 0) is 10.0 Å². The minimum atomic E-state index is -3.65. The molecule has 0 N–H and O–H groups in total. The summed E-state index contributed by atoms with van der Waals surface area (Å²) in [4.78, 5) is 4.70. The van der Waals surface area contributed by atoms with Gasteiger partial charge in [-0.05, 0) is 37.6 Å². The fourth-order valence-electron chi connectivity index (χ4n) is 2.52. The van der Waals surface area contributed by atoms with Crippen LogP contribution in [0.25, 0.3) is 0 Å². The molecule has 0 aromatic heterocycles. The lowest BCUT2D eigenvalue weighted by Crippen LogP contribution is -2.41. The number of hydrogen-bond acceptors (Lipinski definition) is 3. The molecule has 1 aliphatic rings. The lowest BCUT2D eigenvalue weighted by molar-refractivity contribution is 0.501. The first-order chi connectivity index (χ1) is 11.0. The largest absolute Gasteiger partial charge is 0.267 e. The maximum absolute atomic E-state index is 13.0.